The number of hydrogen-bond acceptors (Lipinski definition) is 3. The van der Waals surface area contributed by atoms with Crippen molar-refractivity contribution in [1.29, 1.82) is 0 Å². The van der Waals surface area contributed by atoms with Crippen LogP contribution in [0.2, 0.25) is 0 Å². The van der Waals surface area contributed by atoms with Crippen LogP contribution in [0.5, 0.6) is 5.75 Å². The summed E-state index contributed by atoms with van der Waals surface area (Å²) in [7, 11) is 0. The molecule has 1 aliphatic heterocycles. The molecule has 1 aliphatic carbocycles. The second kappa shape index (κ2) is 9.88. The molecule has 4 nitrogen and oxygen atoms in total. The van der Waals surface area contributed by atoms with Crippen molar-refractivity contribution in [2.75, 3.05) is 19.8 Å². The third-order valence-electron chi connectivity index (χ3n) is 5.93. The standard InChI is InChI=1S/C25H31FN2O2/c1-4-24(29)28-22-14-25(3,15-22)11-12-30-23-13-19(10-9-18(23)2)20-7-5-6-8-21(16-26)27-17-20/h4,6-10,13,22H,1,5,11-12,14-17H2,2-3H3,(H,28,29)/b8-6-,20-7+,27-21?. The maximum absolute atomic E-state index is 13.0. The number of benzene rings is 1. The molecule has 1 amide bonds. The van der Waals surface area contributed by atoms with Crippen LogP contribution in [0, 0.1) is 12.3 Å². The first kappa shape index (κ1) is 22.0. The maximum Gasteiger partial charge on any atom is 0.243 e. The molecule has 1 aromatic carbocycles. The lowest BCUT2D eigenvalue weighted by atomic mass is 9.65. The van der Waals surface area contributed by atoms with E-state index in [9.17, 15) is 9.18 Å². The van der Waals surface area contributed by atoms with Crippen molar-refractivity contribution in [1.82, 2.24) is 5.32 Å². The number of hydrogen-bond donors (Lipinski definition) is 1. The average molecular weight is 411 g/mol. The lowest BCUT2D eigenvalue weighted by Gasteiger charge is -2.45. The number of rotatable bonds is 8. The van der Waals surface area contributed by atoms with Gasteiger partial charge in [-0.3, -0.25) is 9.79 Å². The lowest BCUT2D eigenvalue weighted by molar-refractivity contribution is -0.118. The number of ether oxygens (including phenoxy) is 1. The molecule has 160 valence electrons. The summed E-state index contributed by atoms with van der Waals surface area (Å²) in [5.41, 5.74) is 3.92. The quantitative estimate of drug-likeness (QED) is 0.614. The number of carbonyl (C=O) groups excluding carboxylic acids is 1. The van der Waals surface area contributed by atoms with E-state index < -0.39 is 6.67 Å². The van der Waals surface area contributed by atoms with Crippen LogP contribution >= 0.6 is 0 Å². The van der Waals surface area contributed by atoms with Gasteiger partial charge in [-0.15, -0.1) is 0 Å². The number of amides is 1. The van der Waals surface area contributed by atoms with Gasteiger partial charge in [-0.25, -0.2) is 4.39 Å². The van der Waals surface area contributed by atoms with Gasteiger partial charge in [0.1, 0.15) is 12.4 Å². The molecule has 0 atom stereocenters. The van der Waals surface area contributed by atoms with Gasteiger partial charge in [-0.05, 0) is 72.9 Å². The predicted octanol–water partition coefficient (Wildman–Crippen LogP) is 4.99. The number of nitrogens with one attached hydrogen (secondary N) is 1. The largest absolute Gasteiger partial charge is 0.493 e. The monoisotopic (exact) mass is 410 g/mol. The second-order valence-corrected chi connectivity index (χ2v) is 8.52. The number of aryl methyl sites for hydroxylation is 1. The third kappa shape index (κ3) is 5.68. The van der Waals surface area contributed by atoms with E-state index in [1.165, 1.54) is 6.08 Å². The van der Waals surface area contributed by atoms with Gasteiger partial charge in [0, 0.05) is 6.04 Å². The van der Waals surface area contributed by atoms with Crippen LogP contribution in [0.25, 0.3) is 5.57 Å². The highest BCUT2D eigenvalue weighted by Gasteiger charge is 2.40. The fourth-order valence-electron chi connectivity index (χ4n) is 4.07. The Kier molecular flexibility index (Phi) is 7.24. The Labute approximate surface area is 178 Å². The van der Waals surface area contributed by atoms with Crippen molar-refractivity contribution in [2.24, 2.45) is 10.4 Å². The Bertz CT molecular complexity index is 879. The van der Waals surface area contributed by atoms with Crippen molar-refractivity contribution in [2.45, 2.75) is 45.6 Å². The van der Waals surface area contributed by atoms with Gasteiger partial charge in [0.15, 0.2) is 0 Å². The molecule has 0 unspecified atom stereocenters. The zero-order valence-electron chi connectivity index (χ0n) is 17.9. The zero-order chi connectivity index (χ0) is 21.6. The van der Waals surface area contributed by atoms with E-state index >= 15 is 0 Å². The zero-order valence-corrected chi connectivity index (χ0v) is 17.9. The first-order valence-corrected chi connectivity index (χ1v) is 10.5. The number of halogens is 1. The fourth-order valence-corrected chi connectivity index (χ4v) is 4.07. The van der Waals surface area contributed by atoms with Gasteiger partial charge in [0.2, 0.25) is 5.91 Å². The molecule has 0 spiro atoms. The van der Waals surface area contributed by atoms with E-state index in [0.29, 0.717) is 18.9 Å². The smallest absolute Gasteiger partial charge is 0.243 e. The molecule has 0 bridgehead atoms. The molecule has 1 N–H and O–H groups in total. The number of allylic oxidation sites excluding steroid dienone is 3. The Morgan fingerprint density at radius 2 is 2.23 bits per heavy atom. The lowest BCUT2D eigenvalue weighted by Crippen LogP contribution is -2.49. The normalized spacial score (nSPS) is 26.2. The van der Waals surface area contributed by atoms with Gasteiger partial charge in [0.05, 0.1) is 18.9 Å². The molecule has 2 aliphatic rings. The summed E-state index contributed by atoms with van der Waals surface area (Å²) in [6, 6.07) is 6.43. The number of alkyl halides is 1. The van der Waals surface area contributed by atoms with E-state index in [1.807, 2.05) is 13.0 Å². The molecule has 0 saturated heterocycles. The summed E-state index contributed by atoms with van der Waals surface area (Å²) in [5, 5.41) is 2.96. The van der Waals surface area contributed by atoms with Crippen LogP contribution in [0.4, 0.5) is 4.39 Å². The van der Waals surface area contributed by atoms with Gasteiger partial charge in [-0.2, -0.15) is 0 Å². The van der Waals surface area contributed by atoms with Crippen molar-refractivity contribution in [3.63, 3.8) is 0 Å². The summed E-state index contributed by atoms with van der Waals surface area (Å²) < 4.78 is 19.1. The number of nitrogens with zero attached hydrogens (tertiary/aromatic N) is 1. The topological polar surface area (TPSA) is 50.7 Å². The highest BCUT2D eigenvalue weighted by atomic mass is 19.1. The van der Waals surface area contributed by atoms with Gasteiger partial charge in [0.25, 0.3) is 0 Å². The molecule has 30 heavy (non-hydrogen) atoms. The summed E-state index contributed by atoms with van der Waals surface area (Å²) in [4.78, 5) is 15.8. The minimum atomic E-state index is -0.539. The minimum Gasteiger partial charge on any atom is -0.493 e. The van der Waals surface area contributed by atoms with Gasteiger partial charge >= 0.3 is 0 Å². The highest BCUT2D eigenvalue weighted by molar-refractivity contribution is 5.96. The predicted molar refractivity (Wildman–Crippen MR) is 121 cm³/mol. The van der Waals surface area contributed by atoms with Crippen LogP contribution in [0.15, 0.2) is 54.1 Å². The van der Waals surface area contributed by atoms with Gasteiger partial charge < -0.3 is 10.1 Å². The van der Waals surface area contributed by atoms with Gasteiger partial charge in [-0.1, -0.05) is 37.8 Å². The first-order valence-electron chi connectivity index (χ1n) is 10.5. The van der Waals surface area contributed by atoms with E-state index in [2.05, 4.69) is 48.1 Å². The van der Waals surface area contributed by atoms with Crippen molar-refractivity contribution < 1.29 is 13.9 Å². The van der Waals surface area contributed by atoms with E-state index in [1.54, 1.807) is 6.08 Å². The SMILES string of the molecule is C=CC(=O)NC1CC(C)(CCOc2cc(/C3=C/C/C=C\C(CF)=NC3)ccc2C)C1. The Hall–Kier alpha value is -2.69. The summed E-state index contributed by atoms with van der Waals surface area (Å²) >= 11 is 0. The molecule has 3 rings (SSSR count). The third-order valence-corrected chi connectivity index (χ3v) is 5.93. The first-order chi connectivity index (χ1) is 14.4. The summed E-state index contributed by atoms with van der Waals surface area (Å²) in [5.74, 6) is 0.771. The summed E-state index contributed by atoms with van der Waals surface area (Å²) in [6.45, 7) is 8.35. The van der Waals surface area contributed by atoms with Crippen LogP contribution in [-0.2, 0) is 4.79 Å². The number of aliphatic imine (C=N–C) groups is 1. The van der Waals surface area contributed by atoms with E-state index in [4.69, 9.17) is 4.74 Å². The maximum atomic E-state index is 13.0. The molecule has 1 fully saturated rings. The molecular weight excluding hydrogens is 379 g/mol. The van der Waals surface area contributed by atoms with Crippen LogP contribution < -0.4 is 10.1 Å². The van der Waals surface area contributed by atoms with Crippen LogP contribution in [-0.4, -0.2) is 37.5 Å². The molecular formula is C25H31FN2O2. The summed E-state index contributed by atoms with van der Waals surface area (Å²) in [6.07, 6.45) is 10.8. The molecule has 1 aromatic rings. The van der Waals surface area contributed by atoms with Crippen molar-refractivity contribution in [3.05, 3.63) is 60.2 Å². The Balaban J connectivity index is 1.57. The molecule has 5 heteroatoms. The fraction of sp³-hybridized carbons (Fsp3) is 0.440. The second-order valence-electron chi connectivity index (χ2n) is 8.52. The number of carbonyl (C=O) groups is 1. The molecule has 0 radical (unpaired) electrons. The molecule has 0 aromatic heterocycles. The average Bonchev–Trinajstić information content (AvgIpc) is 2.68. The van der Waals surface area contributed by atoms with E-state index in [0.717, 1.165) is 48.1 Å². The Morgan fingerprint density at radius 1 is 1.43 bits per heavy atom. The minimum absolute atomic E-state index is 0.104. The molecule has 1 heterocycles. The van der Waals surface area contributed by atoms with Crippen LogP contribution in [0.1, 0.15) is 43.7 Å². The van der Waals surface area contributed by atoms with Crippen molar-refractivity contribution >= 4 is 17.2 Å². The van der Waals surface area contributed by atoms with E-state index in [-0.39, 0.29) is 17.4 Å². The van der Waals surface area contributed by atoms with Crippen LogP contribution in [0.3, 0.4) is 0 Å². The van der Waals surface area contributed by atoms with Crippen molar-refractivity contribution in [3.8, 4) is 5.75 Å². The highest BCUT2D eigenvalue weighted by Crippen LogP contribution is 2.43. The molecule has 1 saturated carbocycles. The Morgan fingerprint density at radius 3 is 2.97 bits per heavy atom.